The Morgan fingerprint density at radius 2 is 1.90 bits per heavy atom. The van der Waals surface area contributed by atoms with Crippen LogP contribution in [0.5, 0.6) is 0 Å². The van der Waals surface area contributed by atoms with E-state index in [2.05, 4.69) is 45.1 Å². The maximum absolute atomic E-state index is 13.6. The molecular formula is C32H42BrN5O4. The van der Waals surface area contributed by atoms with Crippen molar-refractivity contribution in [2.75, 3.05) is 45.6 Å². The van der Waals surface area contributed by atoms with Crippen LogP contribution in [0.25, 0.3) is 0 Å². The molecule has 226 valence electrons. The van der Waals surface area contributed by atoms with Gasteiger partial charge in [0.05, 0.1) is 13.0 Å². The SMILES string of the molecule is Cc1ccc(C[N@+]2(C(=O)[O-])CCC(N3CCc4ccccc4NC3=O)CC2(CC=O)N2CCC(N(C)C)CC2)cc1Br. The van der Waals surface area contributed by atoms with Crippen LogP contribution in [0.3, 0.4) is 0 Å². The Labute approximate surface area is 257 Å². The third-order valence-electron chi connectivity index (χ3n) is 10.0. The number of urea groups is 1. The molecule has 3 aliphatic rings. The zero-order chi connectivity index (χ0) is 30.1. The summed E-state index contributed by atoms with van der Waals surface area (Å²) in [5, 5.41) is 16.6. The van der Waals surface area contributed by atoms with E-state index in [1.807, 2.05) is 54.3 Å². The molecule has 0 aliphatic carbocycles. The first kappa shape index (κ1) is 30.7. The van der Waals surface area contributed by atoms with Gasteiger partial charge in [-0.1, -0.05) is 46.3 Å². The number of nitrogens with zero attached hydrogens (tertiary/aromatic N) is 4. The lowest BCUT2D eigenvalue weighted by Gasteiger charge is -2.61. The van der Waals surface area contributed by atoms with Crippen LogP contribution in [0.1, 0.15) is 48.8 Å². The van der Waals surface area contributed by atoms with Crippen molar-refractivity contribution in [2.24, 2.45) is 0 Å². The second kappa shape index (κ2) is 12.4. The predicted molar refractivity (Wildman–Crippen MR) is 164 cm³/mol. The van der Waals surface area contributed by atoms with Crippen molar-refractivity contribution >= 4 is 40.0 Å². The number of halogens is 1. The smallest absolute Gasteiger partial charge is 0.322 e. The lowest BCUT2D eigenvalue weighted by molar-refractivity contribution is -0.956. The first-order valence-corrected chi connectivity index (χ1v) is 15.7. The van der Waals surface area contributed by atoms with E-state index in [4.69, 9.17) is 0 Å². The molecule has 3 aliphatic heterocycles. The Morgan fingerprint density at radius 3 is 2.57 bits per heavy atom. The van der Waals surface area contributed by atoms with Crippen LogP contribution in [0.2, 0.25) is 0 Å². The standard InChI is InChI=1S/C32H42BrN5O4/c1-23-8-9-24(20-28(23)33)22-38(31(41)42)18-13-27(37-17-10-25-6-4-5-7-29(25)34-30(37)40)21-32(38,14-19-39)36-15-11-26(12-16-36)35(2)3/h4-9,19-20,26-27H,10-18,21-22H2,1-3H3,(H-,34,40,41,42)/t27?,32?,38-/m0/s1. The van der Waals surface area contributed by atoms with Crippen molar-refractivity contribution in [3.63, 3.8) is 0 Å². The number of fused-ring (bicyclic) bond motifs is 1. The summed E-state index contributed by atoms with van der Waals surface area (Å²) >= 11 is 3.62. The molecule has 3 amide bonds. The summed E-state index contributed by atoms with van der Waals surface area (Å²) in [7, 11) is 4.15. The van der Waals surface area contributed by atoms with Gasteiger partial charge < -0.3 is 29.8 Å². The summed E-state index contributed by atoms with van der Waals surface area (Å²) in [4.78, 5) is 46.0. The summed E-state index contributed by atoms with van der Waals surface area (Å²) in [5.74, 6) is 0. The lowest BCUT2D eigenvalue weighted by Crippen LogP contribution is -2.80. The number of quaternary nitrogens is 1. The van der Waals surface area contributed by atoms with Gasteiger partial charge in [0.15, 0.2) is 5.66 Å². The summed E-state index contributed by atoms with van der Waals surface area (Å²) < 4.78 is 0.556. The molecule has 1 N–H and O–H groups in total. The molecule has 0 bridgehead atoms. The molecule has 2 fully saturated rings. The van der Waals surface area contributed by atoms with Crippen LogP contribution in [0.4, 0.5) is 15.3 Å². The van der Waals surface area contributed by atoms with Gasteiger partial charge >= 0.3 is 6.03 Å². The van der Waals surface area contributed by atoms with Crippen molar-refractivity contribution in [2.45, 2.75) is 69.7 Å². The van der Waals surface area contributed by atoms with Crippen molar-refractivity contribution in [3.8, 4) is 0 Å². The maximum Gasteiger partial charge on any atom is 0.322 e. The Kier molecular flexibility index (Phi) is 9.08. The number of hydrogen-bond acceptors (Lipinski definition) is 6. The molecule has 3 heterocycles. The topological polar surface area (TPSA) is 96.0 Å². The van der Waals surface area contributed by atoms with Crippen LogP contribution in [-0.2, 0) is 17.8 Å². The Morgan fingerprint density at radius 1 is 1.17 bits per heavy atom. The fourth-order valence-electron chi connectivity index (χ4n) is 7.55. The molecule has 0 spiro atoms. The predicted octanol–water partition coefficient (Wildman–Crippen LogP) is 3.98. The third-order valence-corrected chi connectivity index (χ3v) is 10.9. The minimum absolute atomic E-state index is 0.0484. The van der Waals surface area contributed by atoms with Gasteiger partial charge in [-0.15, -0.1) is 0 Å². The van der Waals surface area contributed by atoms with Crippen molar-refractivity contribution in [3.05, 3.63) is 63.6 Å². The van der Waals surface area contributed by atoms with E-state index in [1.54, 1.807) is 0 Å². The number of amides is 3. The minimum atomic E-state index is -1.17. The number of aryl methyl sites for hydroxylation is 1. The number of anilines is 1. The molecule has 3 atom stereocenters. The highest BCUT2D eigenvalue weighted by atomic mass is 79.9. The average molecular weight is 641 g/mol. The summed E-state index contributed by atoms with van der Waals surface area (Å²) in [5.41, 5.74) is 2.78. The molecule has 0 saturated carbocycles. The number of aldehydes is 1. The average Bonchev–Trinajstić information content (AvgIpc) is 3.14. The van der Waals surface area contributed by atoms with Gasteiger partial charge in [0.2, 0.25) is 0 Å². The van der Waals surface area contributed by atoms with E-state index in [9.17, 15) is 19.5 Å². The first-order chi connectivity index (χ1) is 20.1. The minimum Gasteiger partial charge on any atom is -0.498 e. The summed E-state index contributed by atoms with van der Waals surface area (Å²) in [6.45, 7) is 4.34. The van der Waals surface area contributed by atoms with E-state index >= 15 is 0 Å². The molecule has 2 aromatic carbocycles. The highest BCUT2D eigenvalue weighted by Crippen LogP contribution is 2.45. The van der Waals surface area contributed by atoms with E-state index in [1.165, 1.54) is 0 Å². The number of para-hydroxylation sites is 1. The van der Waals surface area contributed by atoms with E-state index < -0.39 is 11.8 Å². The number of carboxylic acid groups (broad SMARTS) is 1. The first-order valence-electron chi connectivity index (χ1n) is 14.9. The molecule has 0 radical (unpaired) electrons. The molecule has 0 aromatic heterocycles. The van der Waals surface area contributed by atoms with Crippen LogP contribution in [0.15, 0.2) is 46.9 Å². The number of carbonyl (C=O) groups excluding carboxylic acids is 3. The van der Waals surface area contributed by atoms with Crippen LogP contribution in [-0.4, -0.2) is 95.6 Å². The molecule has 10 heteroatoms. The lowest BCUT2D eigenvalue weighted by atomic mass is 9.81. The molecule has 2 aromatic rings. The number of benzene rings is 2. The van der Waals surface area contributed by atoms with Crippen molar-refractivity contribution in [1.82, 2.24) is 14.7 Å². The molecule has 42 heavy (non-hydrogen) atoms. The third kappa shape index (κ3) is 5.62. The Hall–Kier alpha value is -2.79. The van der Waals surface area contributed by atoms with E-state index in [-0.39, 0.29) is 36.1 Å². The van der Waals surface area contributed by atoms with Gasteiger partial charge in [-0.05, 0) is 63.5 Å². The zero-order valence-corrected chi connectivity index (χ0v) is 26.4. The second-order valence-corrected chi connectivity index (χ2v) is 13.3. The van der Waals surface area contributed by atoms with Gasteiger partial charge in [0, 0.05) is 60.3 Å². The van der Waals surface area contributed by atoms with Gasteiger partial charge in [-0.3, -0.25) is 9.38 Å². The normalized spacial score (nSPS) is 27.3. The number of rotatable bonds is 7. The maximum atomic E-state index is 13.6. The fraction of sp³-hybridized carbons (Fsp3) is 0.531. The fourth-order valence-corrected chi connectivity index (χ4v) is 7.98. The highest BCUT2D eigenvalue weighted by Gasteiger charge is 2.61. The number of carbonyl (C=O) groups is 3. The monoisotopic (exact) mass is 639 g/mol. The largest absolute Gasteiger partial charge is 0.498 e. The molecule has 5 rings (SSSR count). The van der Waals surface area contributed by atoms with E-state index in [0.717, 1.165) is 46.0 Å². The Bertz CT molecular complexity index is 1330. The van der Waals surface area contributed by atoms with Crippen LogP contribution >= 0.6 is 15.9 Å². The van der Waals surface area contributed by atoms with E-state index in [0.29, 0.717) is 44.9 Å². The highest BCUT2D eigenvalue weighted by molar-refractivity contribution is 9.10. The second-order valence-electron chi connectivity index (χ2n) is 12.4. The molecular weight excluding hydrogens is 598 g/mol. The van der Waals surface area contributed by atoms with Gasteiger partial charge in [-0.2, -0.15) is 0 Å². The van der Waals surface area contributed by atoms with Crippen LogP contribution < -0.4 is 10.4 Å². The zero-order valence-electron chi connectivity index (χ0n) is 24.9. The summed E-state index contributed by atoms with van der Waals surface area (Å²) in [6.07, 6.45) is 3.09. The molecule has 2 unspecified atom stereocenters. The van der Waals surface area contributed by atoms with Crippen molar-refractivity contribution < 1.29 is 24.0 Å². The quantitative estimate of drug-likeness (QED) is 0.364. The summed E-state index contributed by atoms with van der Waals surface area (Å²) in [6, 6.07) is 13.8. The number of likely N-dealkylation sites (tertiary alicyclic amines) is 2. The van der Waals surface area contributed by atoms with Gasteiger partial charge in [-0.25, -0.2) is 4.79 Å². The Balaban J connectivity index is 1.55. The van der Waals surface area contributed by atoms with Crippen molar-refractivity contribution in [1.29, 1.82) is 0 Å². The number of hydrogen-bond donors (Lipinski definition) is 1. The number of piperidine rings is 2. The molecule has 2 saturated heterocycles. The van der Waals surface area contributed by atoms with Gasteiger partial charge in [0.25, 0.3) is 6.09 Å². The molecule has 9 nitrogen and oxygen atoms in total. The van der Waals surface area contributed by atoms with Gasteiger partial charge in [0.1, 0.15) is 12.8 Å². The van der Waals surface area contributed by atoms with Crippen LogP contribution in [0, 0.1) is 6.92 Å². The number of nitrogens with one attached hydrogen (secondary N) is 1.